The Bertz CT molecular complexity index is 614. The maximum absolute atomic E-state index is 6.19. The summed E-state index contributed by atoms with van der Waals surface area (Å²) < 4.78 is 13.7. The Hall–Kier alpha value is -0.835. The van der Waals surface area contributed by atoms with E-state index in [4.69, 9.17) is 9.31 Å². The van der Waals surface area contributed by atoms with Gasteiger partial charge in [0.1, 0.15) is 0 Å². The number of thiophene rings is 1. The Morgan fingerprint density at radius 3 is 2.26 bits per heavy atom. The fourth-order valence-corrected chi connectivity index (χ4v) is 3.41. The van der Waals surface area contributed by atoms with Gasteiger partial charge in [-0.15, -0.1) is 11.3 Å². The Balaban J connectivity index is 2.12. The lowest BCUT2D eigenvalue weighted by molar-refractivity contribution is 0.00578. The van der Waals surface area contributed by atoms with Crippen molar-refractivity contribution in [2.45, 2.75) is 45.8 Å². The molecule has 2 aromatic rings. The fraction of sp³-hybridized carbons (Fsp3) is 0.467. The largest absolute Gasteiger partial charge is 0.496 e. The van der Waals surface area contributed by atoms with Crippen LogP contribution in [0.2, 0.25) is 0 Å². The second-order valence-corrected chi connectivity index (χ2v) is 7.14. The predicted molar refractivity (Wildman–Crippen MR) is 82.3 cm³/mol. The molecule has 0 bridgehead atoms. The van der Waals surface area contributed by atoms with Gasteiger partial charge in [0, 0.05) is 10.2 Å². The molecule has 2 heterocycles. The van der Waals surface area contributed by atoms with Crippen LogP contribution in [0.5, 0.6) is 0 Å². The molecule has 0 N–H and O–H groups in total. The van der Waals surface area contributed by atoms with E-state index in [0.717, 1.165) is 0 Å². The second kappa shape index (κ2) is 4.08. The summed E-state index contributed by atoms with van der Waals surface area (Å²) in [4.78, 5) is 0. The molecule has 3 rings (SSSR count). The normalized spacial score (nSPS) is 21.2. The van der Waals surface area contributed by atoms with Crippen molar-refractivity contribution >= 4 is 34.0 Å². The Morgan fingerprint density at radius 2 is 1.63 bits per heavy atom. The first-order valence-electron chi connectivity index (χ1n) is 6.64. The zero-order valence-electron chi connectivity index (χ0n) is 12.1. The molecule has 0 aliphatic carbocycles. The van der Waals surface area contributed by atoms with Crippen LogP contribution in [0.25, 0.3) is 10.1 Å². The van der Waals surface area contributed by atoms with Crippen molar-refractivity contribution in [3.63, 3.8) is 0 Å². The standard InChI is InChI=1S/C15H19BO2S/c1-10-6-7-11-8-9-19-13(11)12(10)16-17-14(2,3)15(4,5)18-16/h6-9H,1-5H3. The molecule has 1 aromatic carbocycles. The molecule has 1 aliphatic rings. The lowest BCUT2D eigenvalue weighted by Gasteiger charge is -2.32. The van der Waals surface area contributed by atoms with Crippen molar-refractivity contribution in [2.75, 3.05) is 0 Å². The molecule has 0 saturated carbocycles. The second-order valence-electron chi connectivity index (χ2n) is 6.22. The quantitative estimate of drug-likeness (QED) is 0.741. The van der Waals surface area contributed by atoms with Gasteiger partial charge < -0.3 is 9.31 Å². The Labute approximate surface area is 118 Å². The number of aryl methyl sites for hydroxylation is 1. The summed E-state index contributed by atoms with van der Waals surface area (Å²) in [6.07, 6.45) is 0. The summed E-state index contributed by atoms with van der Waals surface area (Å²) in [5, 5.41) is 3.39. The van der Waals surface area contributed by atoms with E-state index in [1.54, 1.807) is 11.3 Å². The van der Waals surface area contributed by atoms with Gasteiger partial charge in [-0.3, -0.25) is 0 Å². The average molecular weight is 274 g/mol. The SMILES string of the molecule is Cc1ccc2ccsc2c1B1OC(C)(C)C(C)(C)O1. The molecule has 0 spiro atoms. The minimum atomic E-state index is -0.288. The highest BCUT2D eigenvalue weighted by molar-refractivity contribution is 7.18. The van der Waals surface area contributed by atoms with E-state index < -0.39 is 0 Å². The number of hydrogen-bond acceptors (Lipinski definition) is 3. The van der Waals surface area contributed by atoms with E-state index in [2.05, 4.69) is 58.2 Å². The van der Waals surface area contributed by atoms with Crippen LogP contribution in [0.4, 0.5) is 0 Å². The number of benzene rings is 1. The van der Waals surface area contributed by atoms with Gasteiger partial charge in [-0.05, 0) is 57.0 Å². The van der Waals surface area contributed by atoms with Gasteiger partial charge in [0.2, 0.25) is 0 Å². The van der Waals surface area contributed by atoms with Crippen molar-refractivity contribution in [3.8, 4) is 0 Å². The van der Waals surface area contributed by atoms with Crippen molar-refractivity contribution in [1.82, 2.24) is 0 Å². The molecule has 1 aromatic heterocycles. The summed E-state index contributed by atoms with van der Waals surface area (Å²) in [6, 6.07) is 6.46. The first kappa shape index (κ1) is 13.2. The van der Waals surface area contributed by atoms with Crippen LogP contribution in [-0.4, -0.2) is 18.3 Å². The highest BCUT2D eigenvalue weighted by Crippen LogP contribution is 2.37. The van der Waals surface area contributed by atoms with Crippen LogP contribution in [0.1, 0.15) is 33.3 Å². The van der Waals surface area contributed by atoms with Crippen LogP contribution >= 0.6 is 11.3 Å². The maximum Gasteiger partial charge on any atom is 0.496 e. The molecule has 19 heavy (non-hydrogen) atoms. The molecule has 0 radical (unpaired) electrons. The minimum Gasteiger partial charge on any atom is -0.399 e. The van der Waals surface area contributed by atoms with E-state index >= 15 is 0 Å². The first-order chi connectivity index (χ1) is 8.82. The zero-order chi connectivity index (χ0) is 13.8. The molecule has 0 atom stereocenters. The Morgan fingerprint density at radius 1 is 1.00 bits per heavy atom. The smallest absolute Gasteiger partial charge is 0.399 e. The van der Waals surface area contributed by atoms with E-state index in [1.807, 2.05) is 0 Å². The molecule has 0 unspecified atom stereocenters. The molecule has 100 valence electrons. The molecule has 4 heteroatoms. The van der Waals surface area contributed by atoms with Crippen LogP contribution in [0.3, 0.4) is 0 Å². The van der Waals surface area contributed by atoms with Gasteiger partial charge in [-0.2, -0.15) is 0 Å². The predicted octanol–water partition coefficient (Wildman–Crippen LogP) is 3.51. The van der Waals surface area contributed by atoms with Gasteiger partial charge in [0.25, 0.3) is 0 Å². The van der Waals surface area contributed by atoms with Crippen LogP contribution in [0, 0.1) is 6.92 Å². The number of hydrogen-bond donors (Lipinski definition) is 0. The zero-order valence-corrected chi connectivity index (χ0v) is 12.9. The number of fused-ring (bicyclic) bond motifs is 1. The highest BCUT2D eigenvalue weighted by Gasteiger charge is 2.52. The topological polar surface area (TPSA) is 18.5 Å². The molecule has 1 saturated heterocycles. The Kier molecular flexibility index (Phi) is 2.82. The molecule has 2 nitrogen and oxygen atoms in total. The molecule has 1 aliphatic heterocycles. The van der Waals surface area contributed by atoms with Gasteiger partial charge in [-0.1, -0.05) is 12.1 Å². The highest BCUT2D eigenvalue weighted by atomic mass is 32.1. The molecular formula is C15H19BO2S. The average Bonchev–Trinajstić information content (AvgIpc) is 2.81. The van der Waals surface area contributed by atoms with Crippen LogP contribution in [-0.2, 0) is 9.31 Å². The van der Waals surface area contributed by atoms with E-state index in [0.29, 0.717) is 0 Å². The van der Waals surface area contributed by atoms with Crippen molar-refractivity contribution in [1.29, 1.82) is 0 Å². The third-order valence-electron chi connectivity index (χ3n) is 4.37. The van der Waals surface area contributed by atoms with Crippen molar-refractivity contribution in [3.05, 3.63) is 29.1 Å². The third kappa shape index (κ3) is 1.94. The third-order valence-corrected chi connectivity index (χ3v) is 5.33. The van der Waals surface area contributed by atoms with Crippen molar-refractivity contribution in [2.24, 2.45) is 0 Å². The summed E-state index contributed by atoms with van der Waals surface area (Å²) in [6.45, 7) is 10.5. The van der Waals surface area contributed by atoms with E-state index in [9.17, 15) is 0 Å². The van der Waals surface area contributed by atoms with E-state index in [1.165, 1.54) is 21.1 Å². The molecule has 0 amide bonds. The lowest BCUT2D eigenvalue weighted by atomic mass is 9.76. The first-order valence-corrected chi connectivity index (χ1v) is 7.52. The number of rotatable bonds is 1. The van der Waals surface area contributed by atoms with E-state index in [-0.39, 0.29) is 18.3 Å². The van der Waals surface area contributed by atoms with Gasteiger partial charge >= 0.3 is 7.12 Å². The summed E-state index contributed by atoms with van der Waals surface area (Å²) in [5.74, 6) is 0. The molecular weight excluding hydrogens is 255 g/mol. The minimum absolute atomic E-state index is 0.271. The van der Waals surface area contributed by atoms with Gasteiger partial charge in [-0.25, -0.2) is 0 Å². The lowest BCUT2D eigenvalue weighted by Crippen LogP contribution is -2.41. The van der Waals surface area contributed by atoms with Crippen LogP contribution < -0.4 is 5.46 Å². The monoisotopic (exact) mass is 274 g/mol. The summed E-state index contributed by atoms with van der Waals surface area (Å²) in [5.41, 5.74) is 1.84. The van der Waals surface area contributed by atoms with Gasteiger partial charge in [0.05, 0.1) is 11.2 Å². The molecule has 1 fully saturated rings. The maximum atomic E-state index is 6.19. The van der Waals surface area contributed by atoms with Gasteiger partial charge in [0.15, 0.2) is 0 Å². The fourth-order valence-electron chi connectivity index (χ4n) is 2.41. The summed E-state index contributed by atoms with van der Waals surface area (Å²) >= 11 is 1.76. The summed E-state index contributed by atoms with van der Waals surface area (Å²) in [7, 11) is -0.271. The van der Waals surface area contributed by atoms with Crippen LogP contribution in [0.15, 0.2) is 23.6 Å². The van der Waals surface area contributed by atoms with Crippen molar-refractivity contribution < 1.29 is 9.31 Å².